The van der Waals surface area contributed by atoms with Crippen LogP contribution in [0.1, 0.15) is 26.5 Å². The molecular formula is C21H17N3O4. The van der Waals surface area contributed by atoms with Crippen LogP contribution in [0.25, 0.3) is 22.2 Å². The van der Waals surface area contributed by atoms with Crippen LogP contribution < -0.4 is 5.73 Å². The van der Waals surface area contributed by atoms with E-state index < -0.39 is 5.97 Å². The van der Waals surface area contributed by atoms with Crippen LogP contribution in [0.5, 0.6) is 0 Å². The number of nitrogen functional groups attached to an aromatic ring is 1. The first kappa shape index (κ1) is 17.5. The van der Waals surface area contributed by atoms with Crippen LogP contribution >= 0.6 is 0 Å². The summed E-state index contributed by atoms with van der Waals surface area (Å²) in [7, 11) is 0. The number of nitrogens with zero attached hydrogens (tertiary/aromatic N) is 2. The van der Waals surface area contributed by atoms with Crippen LogP contribution in [0.15, 0.2) is 59.0 Å². The first-order valence-electron chi connectivity index (χ1n) is 8.63. The molecule has 7 nitrogen and oxygen atoms in total. The van der Waals surface area contributed by atoms with Crippen molar-refractivity contribution in [2.75, 3.05) is 5.73 Å². The molecule has 0 spiro atoms. The number of aryl methyl sites for hydroxylation is 1. The number of hydrogen-bond donors (Lipinski definition) is 2. The molecule has 0 saturated heterocycles. The van der Waals surface area contributed by atoms with Crippen molar-refractivity contribution in [3.8, 4) is 11.3 Å². The molecule has 4 rings (SSSR count). The van der Waals surface area contributed by atoms with Gasteiger partial charge in [-0.3, -0.25) is 4.79 Å². The van der Waals surface area contributed by atoms with Gasteiger partial charge in [-0.2, -0.15) is 4.68 Å². The van der Waals surface area contributed by atoms with E-state index in [0.29, 0.717) is 22.2 Å². The van der Waals surface area contributed by atoms with Crippen molar-refractivity contribution in [2.24, 2.45) is 0 Å². The minimum Gasteiger partial charge on any atom is -0.475 e. The zero-order valence-corrected chi connectivity index (χ0v) is 15.0. The van der Waals surface area contributed by atoms with Crippen LogP contribution in [-0.2, 0) is 6.42 Å². The lowest BCUT2D eigenvalue weighted by molar-refractivity contribution is 0.0663. The molecule has 0 atom stereocenters. The van der Waals surface area contributed by atoms with Crippen molar-refractivity contribution in [3.05, 3.63) is 71.5 Å². The molecule has 0 saturated carbocycles. The summed E-state index contributed by atoms with van der Waals surface area (Å²) in [5.41, 5.74) is 9.28. The lowest BCUT2D eigenvalue weighted by atomic mass is 10.1. The van der Waals surface area contributed by atoms with E-state index in [0.717, 1.165) is 11.1 Å². The van der Waals surface area contributed by atoms with Crippen LogP contribution in [-0.4, -0.2) is 26.8 Å². The number of carboxylic acid groups (broad SMARTS) is 1. The molecule has 0 aliphatic carbocycles. The quantitative estimate of drug-likeness (QED) is 0.562. The smallest absolute Gasteiger partial charge is 0.371 e. The molecule has 4 aromatic rings. The SMILES string of the molecule is Cc1ccc(CC(=O)n2nc(N)c3cc(-c4ccc(C(=O)O)o4)ccc32)cc1. The van der Waals surface area contributed by atoms with Crippen LogP contribution in [0.3, 0.4) is 0 Å². The first-order chi connectivity index (χ1) is 13.4. The predicted octanol–water partition coefficient (Wildman–Crippen LogP) is 3.77. The normalized spacial score (nSPS) is 11.0. The Labute approximate surface area is 160 Å². The molecule has 2 aromatic carbocycles. The fraction of sp³-hybridized carbons (Fsp3) is 0.0952. The van der Waals surface area contributed by atoms with Crippen molar-refractivity contribution < 1.29 is 19.1 Å². The fourth-order valence-electron chi connectivity index (χ4n) is 3.05. The number of aromatic carboxylic acids is 1. The second-order valence-electron chi connectivity index (χ2n) is 6.55. The molecule has 28 heavy (non-hydrogen) atoms. The van der Waals surface area contributed by atoms with E-state index in [-0.39, 0.29) is 23.9 Å². The molecule has 2 heterocycles. The molecule has 140 valence electrons. The van der Waals surface area contributed by atoms with E-state index in [2.05, 4.69) is 5.10 Å². The number of rotatable bonds is 4. The number of hydrogen-bond acceptors (Lipinski definition) is 5. The maximum atomic E-state index is 12.7. The molecule has 3 N–H and O–H groups in total. The van der Waals surface area contributed by atoms with Gasteiger partial charge in [0.25, 0.3) is 5.91 Å². The molecule has 0 bridgehead atoms. The lowest BCUT2D eigenvalue weighted by Crippen LogP contribution is -2.15. The number of carbonyl (C=O) groups is 2. The Morgan fingerprint density at radius 1 is 1.11 bits per heavy atom. The summed E-state index contributed by atoms with van der Waals surface area (Å²) in [6, 6.07) is 15.9. The standard InChI is InChI=1S/C21H17N3O4/c1-12-2-4-13(5-3-12)10-19(25)24-16-7-6-14(11-15(16)20(22)23-24)17-8-9-18(28-17)21(26)27/h2-9,11H,10H2,1H3,(H2,22,23)(H,26,27). The highest BCUT2D eigenvalue weighted by Crippen LogP contribution is 2.29. The molecule has 7 heteroatoms. The Morgan fingerprint density at radius 2 is 1.86 bits per heavy atom. The van der Waals surface area contributed by atoms with Crippen LogP contribution in [0.2, 0.25) is 0 Å². The van der Waals surface area contributed by atoms with E-state index in [1.165, 1.54) is 10.7 Å². The number of anilines is 1. The number of furan rings is 1. The number of carboxylic acids is 1. The number of nitrogens with two attached hydrogens (primary N) is 1. The number of fused-ring (bicyclic) bond motifs is 1. The van der Waals surface area contributed by atoms with E-state index in [9.17, 15) is 9.59 Å². The van der Waals surface area contributed by atoms with Crippen molar-refractivity contribution in [3.63, 3.8) is 0 Å². The maximum absolute atomic E-state index is 12.7. The average Bonchev–Trinajstić information content (AvgIpc) is 3.29. The second-order valence-corrected chi connectivity index (χ2v) is 6.55. The highest BCUT2D eigenvalue weighted by Gasteiger charge is 2.17. The third kappa shape index (κ3) is 3.14. The van der Waals surface area contributed by atoms with Gasteiger partial charge in [0.2, 0.25) is 5.76 Å². The van der Waals surface area contributed by atoms with Gasteiger partial charge in [-0.15, -0.1) is 5.10 Å². The second kappa shape index (κ2) is 6.70. The van der Waals surface area contributed by atoms with Gasteiger partial charge < -0.3 is 15.3 Å². The Balaban J connectivity index is 1.68. The third-order valence-electron chi connectivity index (χ3n) is 4.52. The summed E-state index contributed by atoms with van der Waals surface area (Å²) >= 11 is 0. The highest BCUT2D eigenvalue weighted by atomic mass is 16.4. The molecular weight excluding hydrogens is 358 g/mol. The molecule has 0 unspecified atom stereocenters. The minimum atomic E-state index is -1.14. The molecule has 0 aliphatic rings. The summed E-state index contributed by atoms with van der Waals surface area (Å²) < 4.78 is 6.63. The zero-order chi connectivity index (χ0) is 19.8. The van der Waals surface area contributed by atoms with E-state index >= 15 is 0 Å². The number of aromatic nitrogens is 2. The Kier molecular flexibility index (Phi) is 4.19. The van der Waals surface area contributed by atoms with E-state index in [4.69, 9.17) is 15.3 Å². The summed E-state index contributed by atoms with van der Waals surface area (Å²) in [6.45, 7) is 1.99. The van der Waals surface area contributed by atoms with E-state index in [1.807, 2.05) is 31.2 Å². The van der Waals surface area contributed by atoms with Crippen molar-refractivity contribution in [1.29, 1.82) is 0 Å². The molecule has 2 aromatic heterocycles. The predicted molar refractivity (Wildman–Crippen MR) is 104 cm³/mol. The molecule has 0 radical (unpaired) electrons. The number of benzene rings is 2. The zero-order valence-electron chi connectivity index (χ0n) is 15.0. The molecule has 0 aliphatic heterocycles. The fourth-order valence-corrected chi connectivity index (χ4v) is 3.05. The maximum Gasteiger partial charge on any atom is 0.371 e. The van der Waals surface area contributed by atoms with Crippen LogP contribution in [0, 0.1) is 6.92 Å². The van der Waals surface area contributed by atoms with Gasteiger partial charge in [-0.25, -0.2) is 4.79 Å². The Hall–Kier alpha value is -3.87. The monoisotopic (exact) mass is 375 g/mol. The van der Waals surface area contributed by atoms with Gasteiger partial charge in [-0.1, -0.05) is 29.8 Å². The summed E-state index contributed by atoms with van der Waals surface area (Å²) in [5.74, 6) is -0.852. The van der Waals surface area contributed by atoms with Crippen LogP contribution in [0.4, 0.5) is 5.82 Å². The topological polar surface area (TPSA) is 111 Å². The van der Waals surface area contributed by atoms with E-state index in [1.54, 1.807) is 24.3 Å². The summed E-state index contributed by atoms with van der Waals surface area (Å²) in [4.78, 5) is 23.7. The van der Waals surface area contributed by atoms with Gasteiger partial charge in [0.1, 0.15) is 5.76 Å². The average molecular weight is 375 g/mol. The largest absolute Gasteiger partial charge is 0.475 e. The number of carbonyl (C=O) groups excluding carboxylic acids is 1. The lowest BCUT2D eigenvalue weighted by Gasteiger charge is -2.04. The Morgan fingerprint density at radius 3 is 2.54 bits per heavy atom. The minimum absolute atomic E-state index is 0.146. The van der Waals surface area contributed by atoms with Crippen molar-refractivity contribution >= 4 is 28.6 Å². The summed E-state index contributed by atoms with van der Waals surface area (Å²) in [6.07, 6.45) is 0.207. The van der Waals surface area contributed by atoms with Gasteiger partial charge >= 0.3 is 5.97 Å². The molecule has 0 amide bonds. The van der Waals surface area contributed by atoms with Crippen molar-refractivity contribution in [1.82, 2.24) is 9.78 Å². The third-order valence-corrected chi connectivity index (χ3v) is 4.52. The molecule has 0 fully saturated rings. The first-order valence-corrected chi connectivity index (χ1v) is 8.63. The Bertz CT molecular complexity index is 1200. The highest BCUT2D eigenvalue weighted by molar-refractivity contribution is 5.99. The van der Waals surface area contributed by atoms with Gasteiger partial charge in [0, 0.05) is 10.9 Å². The van der Waals surface area contributed by atoms with Gasteiger partial charge in [0.05, 0.1) is 11.9 Å². The van der Waals surface area contributed by atoms with Gasteiger partial charge in [0.15, 0.2) is 5.82 Å². The van der Waals surface area contributed by atoms with Crippen molar-refractivity contribution in [2.45, 2.75) is 13.3 Å². The van der Waals surface area contributed by atoms with Gasteiger partial charge in [-0.05, 0) is 42.8 Å². The summed E-state index contributed by atoms with van der Waals surface area (Å²) in [5, 5.41) is 13.8.